The predicted molar refractivity (Wildman–Crippen MR) is 105 cm³/mol. The summed E-state index contributed by atoms with van der Waals surface area (Å²) in [5, 5.41) is 2.68. The Hall–Kier alpha value is -3.55. The van der Waals surface area contributed by atoms with Gasteiger partial charge in [0, 0.05) is 13.1 Å². The summed E-state index contributed by atoms with van der Waals surface area (Å²) in [6.07, 6.45) is -0.0220. The Morgan fingerprint density at radius 1 is 1.14 bits per heavy atom. The zero-order chi connectivity index (χ0) is 20.6. The van der Waals surface area contributed by atoms with Crippen molar-refractivity contribution in [2.24, 2.45) is 0 Å². The SMILES string of the molecule is COc1ccc(CNC(=O)COC(=O)CCN2C(=O)COc3ccccc32)cc1. The first-order valence-electron chi connectivity index (χ1n) is 9.14. The Balaban J connectivity index is 1.40. The van der Waals surface area contributed by atoms with Gasteiger partial charge in [0.2, 0.25) is 0 Å². The monoisotopic (exact) mass is 398 g/mol. The van der Waals surface area contributed by atoms with E-state index in [2.05, 4.69) is 5.32 Å². The van der Waals surface area contributed by atoms with Crippen molar-refractivity contribution in [1.29, 1.82) is 0 Å². The van der Waals surface area contributed by atoms with Crippen LogP contribution in [0.4, 0.5) is 5.69 Å². The van der Waals surface area contributed by atoms with Crippen LogP contribution in [-0.4, -0.2) is 44.7 Å². The Morgan fingerprint density at radius 3 is 2.66 bits per heavy atom. The third-order valence-electron chi connectivity index (χ3n) is 4.36. The van der Waals surface area contributed by atoms with E-state index < -0.39 is 11.9 Å². The second kappa shape index (κ2) is 9.59. The van der Waals surface area contributed by atoms with Crippen LogP contribution in [0.5, 0.6) is 11.5 Å². The van der Waals surface area contributed by atoms with Gasteiger partial charge in [-0.1, -0.05) is 24.3 Å². The molecular formula is C21H22N2O6. The quantitative estimate of drug-likeness (QED) is 0.680. The lowest BCUT2D eigenvalue weighted by atomic mass is 10.2. The molecule has 2 aromatic carbocycles. The molecule has 3 rings (SSSR count). The number of anilines is 1. The van der Waals surface area contributed by atoms with Crippen LogP contribution in [0.3, 0.4) is 0 Å². The molecule has 0 aliphatic carbocycles. The molecule has 2 amide bonds. The van der Waals surface area contributed by atoms with Crippen molar-refractivity contribution in [2.45, 2.75) is 13.0 Å². The van der Waals surface area contributed by atoms with Crippen molar-refractivity contribution in [3.63, 3.8) is 0 Å². The van der Waals surface area contributed by atoms with Crippen molar-refractivity contribution in [1.82, 2.24) is 5.32 Å². The number of nitrogens with one attached hydrogen (secondary N) is 1. The van der Waals surface area contributed by atoms with E-state index in [-0.39, 0.29) is 32.1 Å². The second-order valence-corrected chi connectivity index (χ2v) is 6.34. The number of hydrogen-bond donors (Lipinski definition) is 1. The van der Waals surface area contributed by atoms with Gasteiger partial charge in [0.25, 0.3) is 11.8 Å². The van der Waals surface area contributed by atoms with Crippen molar-refractivity contribution >= 4 is 23.5 Å². The number of benzene rings is 2. The molecule has 0 unspecified atom stereocenters. The topological polar surface area (TPSA) is 94.2 Å². The molecule has 0 saturated heterocycles. The maximum Gasteiger partial charge on any atom is 0.308 e. The molecule has 0 bridgehead atoms. The molecule has 1 heterocycles. The van der Waals surface area contributed by atoms with Crippen LogP contribution in [0, 0.1) is 0 Å². The Labute approximate surface area is 168 Å². The van der Waals surface area contributed by atoms with Crippen LogP contribution in [-0.2, 0) is 25.7 Å². The number of nitrogens with zero attached hydrogens (tertiary/aromatic N) is 1. The van der Waals surface area contributed by atoms with Crippen LogP contribution < -0.4 is 19.7 Å². The highest BCUT2D eigenvalue weighted by Crippen LogP contribution is 2.31. The number of amides is 2. The smallest absolute Gasteiger partial charge is 0.308 e. The van der Waals surface area contributed by atoms with E-state index >= 15 is 0 Å². The molecule has 152 valence electrons. The molecule has 2 aromatic rings. The summed E-state index contributed by atoms with van der Waals surface area (Å²) >= 11 is 0. The van der Waals surface area contributed by atoms with Crippen molar-refractivity contribution in [3.8, 4) is 11.5 Å². The van der Waals surface area contributed by atoms with E-state index in [1.807, 2.05) is 18.2 Å². The Kier molecular flexibility index (Phi) is 6.67. The number of rotatable bonds is 8. The number of ether oxygens (including phenoxy) is 3. The zero-order valence-corrected chi connectivity index (χ0v) is 16.1. The molecular weight excluding hydrogens is 376 g/mol. The molecule has 0 fully saturated rings. The van der Waals surface area contributed by atoms with E-state index in [0.29, 0.717) is 18.0 Å². The lowest BCUT2D eigenvalue weighted by molar-refractivity contribution is -0.148. The first-order valence-corrected chi connectivity index (χ1v) is 9.14. The highest BCUT2D eigenvalue weighted by atomic mass is 16.5. The summed E-state index contributed by atoms with van der Waals surface area (Å²) < 4.78 is 15.4. The summed E-state index contributed by atoms with van der Waals surface area (Å²) in [5.41, 5.74) is 1.52. The molecule has 0 atom stereocenters. The Bertz CT molecular complexity index is 881. The van der Waals surface area contributed by atoms with Crippen LogP contribution in [0.25, 0.3) is 0 Å². The van der Waals surface area contributed by atoms with Crippen LogP contribution in [0.2, 0.25) is 0 Å². The van der Waals surface area contributed by atoms with E-state index in [0.717, 1.165) is 11.3 Å². The summed E-state index contributed by atoms with van der Waals surface area (Å²) in [5.74, 6) is 0.144. The van der Waals surface area contributed by atoms with Gasteiger partial charge in [-0.2, -0.15) is 0 Å². The minimum Gasteiger partial charge on any atom is -0.497 e. The van der Waals surface area contributed by atoms with Gasteiger partial charge >= 0.3 is 5.97 Å². The second-order valence-electron chi connectivity index (χ2n) is 6.34. The lowest BCUT2D eigenvalue weighted by Gasteiger charge is -2.28. The predicted octanol–water partition coefficient (Wildman–Crippen LogP) is 1.67. The van der Waals surface area contributed by atoms with Crippen LogP contribution >= 0.6 is 0 Å². The van der Waals surface area contributed by atoms with Gasteiger partial charge in [-0.15, -0.1) is 0 Å². The van der Waals surface area contributed by atoms with Crippen LogP contribution in [0.15, 0.2) is 48.5 Å². The maximum atomic E-state index is 12.1. The highest BCUT2D eigenvalue weighted by Gasteiger charge is 2.25. The number of esters is 1. The zero-order valence-electron chi connectivity index (χ0n) is 16.1. The molecule has 0 saturated carbocycles. The molecule has 8 heteroatoms. The third kappa shape index (κ3) is 5.47. The van der Waals surface area contributed by atoms with E-state index in [4.69, 9.17) is 14.2 Å². The first kappa shape index (κ1) is 20.2. The third-order valence-corrected chi connectivity index (χ3v) is 4.36. The minimum absolute atomic E-state index is 0.0220. The Morgan fingerprint density at radius 2 is 1.90 bits per heavy atom. The van der Waals surface area contributed by atoms with Gasteiger partial charge in [0.05, 0.1) is 19.2 Å². The highest BCUT2D eigenvalue weighted by molar-refractivity contribution is 5.98. The fraction of sp³-hybridized carbons (Fsp3) is 0.286. The largest absolute Gasteiger partial charge is 0.497 e. The maximum absolute atomic E-state index is 12.1. The number of hydrogen-bond acceptors (Lipinski definition) is 6. The standard InChI is InChI=1S/C21H22N2O6/c1-27-16-8-6-15(7-9-16)12-22-19(24)13-29-21(26)10-11-23-17-4-2-3-5-18(17)28-14-20(23)25/h2-9H,10-14H2,1H3,(H,22,24). The average molecular weight is 398 g/mol. The van der Waals surface area contributed by atoms with E-state index in [9.17, 15) is 14.4 Å². The number of carbonyl (C=O) groups excluding carboxylic acids is 3. The summed E-state index contributed by atoms with van der Waals surface area (Å²) in [4.78, 5) is 37.4. The molecule has 1 N–H and O–H groups in total. The molecule has 8 nitrogen and oxygen atoms in total. The fourth-order valence-electron chi connectivity index (χ4n) is 2.82. The lowest BCUT2D eigenvalue weighted by Crippen LogP contribution is -2.40. The first-order chi connectivity index (χ1) is 14.1. The average Bonchev–Trinajstić information content (AvgIpc) is 2.76. The molecule has 29 heavy (non-hydrogen) atoms. The van der Waals surface area contributed by atoms with E-state index in [1.165, 1.54) is 4.90 Å². The number of para-hydroxylation sites is 2. The number of fused-ring (bicyclic) bond motifs is 1. The normalized spacial score (nSPS) is 12.6. The summed E-state index contributed by atoms with van der Waals surface area (Å²) in [6.45, 7) is 0.0351. The van der Waals surface area contributed by atoms with Crippen LogP contribution in [0.1, 0.15) is 12.0 Å². The molecule has 0 radical (unpaired) electrons. The van der Waals surface area contributed by atoms with E-state index in [1.54, 1.807) is 37.4 Å². The number of methoxy groups -OCH3 is 1. The van der Waals surface area contributed by atoms with Gasteiger partial charge in [0.1, 0.15) is 11.5 Å². The number of carbonyl (C=O) groups is 3. The summed E-state index contributed by atoms with van der Waals surface area (Å²) in [6, 6.07) is 14.4. The van der Waals surface area contributed by atoms with Gasteiger partial charge < -0.3 is 24.4 Å². The summed E-state index contributed by atoms with van der Waals surface area (Å²) in [7, 11) is 1.58. The van der Waals surface area contributed by atoms with Crippen molar-refractivity contribution in [3.05, 3.63) is 54.1 Å². The minimum atomic E-state index is -0.554. The molecule has 1 aliphatic heterocycles. The van der Waals surface area contributed by atoms with Crippen molar-refractivity contribution in [2.75, 3.05) is 31.8 Å². The molecule has 1 aliphatic rings. The van der Waals surface area contributed by atoms with Crippen molar-refractivity contribution < 1.29 is 28.6 Å². The molecule has 0 spiro atoms. The van der Waals surface area contributed by atoms with Gasteiger partial charge in [-0.25, -0.2) is 0 Å². The van der Waals surface area contributed by atoms with Gasteiger partial charge in [-0.3, -0.25) is 14.4 Å². The fourth-order valence-corrected chi connectivity index (χ4v) is 2.82. The van der Waals surface area contributed by atoms with Gasteiger partial charge in [-0.05, 0) is 29.8 Å². The van der Waals surface area contributed by atoms with Gasteiger partial charge in [0.15, 0.2) is 13.2 Å². The molecule has 0 aromatic heterocycles.